The van der Waals surface area contributed by atoms with Crippen LogP contribution < -0.4 is 5.32 Å². The largest absolute Gasteiger partial charge is 0.339 e. The molecule has 3 rings (SSSR count). The summed E-state index contributed by atoms with van der Waals surface area (Å²) in [4.78, 5) is 18.5. The molecule has 2 amide bonds. The fraction of sp³-hybridized carbons (Fsp3) is 0.812. The number of hydrogen-bond donors (Lipinski definition) is 1. The maximum atomic E-state index is 12.3. The second kappa shape index (κ2) is 7.11. The lowest BCUT2D eigenvalue weighted by molar-refractivity contribution is 0.160. The number of nitrogens with zero attached hydrogens (tertiary/aromatic N) is 3. The van der Waals surface area contributed by atoms with Gasteiger partial charge in [-0.2, -0.15) is 4.98 Å². The van der Waals surface area contributed by atoms with Crippen LogP contribution >= 0.6 is 0 Å². The molecule has 1 aromatic rings. The van der Waals surface area contributed by atoms with E-state index in [1.165, 1.54) is 25.7 Å². The van der Waals surface area contributed by atoms with Crippen molar-refractivity contribution in [3.8, 4) is 0 Å². The summed E-state index contributed by atoms with van der Waals surface area (Å²) >= 11 is 0. The second-order valence-corrected chi connectivity index (χ2v) is 6.73. The number of aromatic nitrogens is 2. The normalized spacial score (nSPS) is 23.0. The van der Waals surface area contributed by atoms with E-state index >= 15 is 0 Å². The van der Waals surface area contributed by atoms with Crippen molar-refractivity contribution in [2.24, 2.45) is 11.8 Å². The summed E-state index contributed by atoms with van der Waals surface area (Å²) in [6.45, 7) is 4.31. The second-order valence-electron chi connectivity index (χ2n) is 6.73. The van der Waals surface area contributed by atoms with Crippen LogP contribution in [0, 0.1) is 18.8 Å². The van der Waals surface area contributed by atoms with Crippen molar-refractivity contribution >= 4 is 6.03 Å². The molecule has 1 unspecified atom stereocenters. The molecule has 0 spiro atoms. The molecular formula is C16H26N4O2. The molecule has 1 saturated carbocycles. The third kappa shape index (κ3) is 3.99. The van der Waals surface area contributed by atoms with Crippen molar-refractivity contribution in [1.29, 1.82) is 0 Å². The van der Waals surface area contributed by atoms with Crippen molar-refractivity contribution in [1.82, 2.24) is 20.4 Å². The summed E-state index contributed by atoms with van der Waals surface area (Å²) in [5, 5.41) is 6.95. The molecule has 0 radical (unpaired) electrons. The first-order valence-corrected chi connectivity index (χ1v) is 8.52. The molecule has 1 saturated heterocycles. The average Bonchev–Trinajstić information content (AvgIpc) is 3.17. The summed E-state index contributed by atoms with van der Waals surface area (Å²) in [6.07, 6.45) is 8.10. The van der Waals surface area contributed by atoms with Gasteiger partial charge in [-0.3, -0.25) is 0 Å². The maximum Gasteiger partial charge on any atom is 0.317 e. The van der Waals surface area contributed by atoms with E-state index in [9.17, 15) is 4.79 Å². The number of carbonyl (C=O) groups excluding carboxylic acids is 1. The molecular weight excluding hydrogens is 280 g/mol. The molecule has 1 aliphatic carbocycles. The SMILES string of the molecule is Cc1noc(CC2CCCN(C(=O)NCC3CCCC3)C2)n1. The van der Waals surface area contributed by atoms with Gasteiger partial charge in [0.05, 0.1) is 0 Å². The highest BCUT2D eigenvalue weighted by atomic mass is 16.5. The topological polar surface area (TPSA) is 71.3 Å². The summed E-state index contributed by atoms with van der Waals surface area (Å²) in [6, 6.07) is 0.0957. The monoisotopic (exact) mass is 306 g/mol. The molecule has 1 atom stereocenters. The van der Waals surface area contributed by atoms with Gasteiger partial charge in [0.25, 0.3) is 0 Å². The number of piperidine rings is 1. The van der Waals surface area contributed by atoms with Crippen molar-refractivity contribution in [3.63, 3.8) is 0 Å². The number of urea groups is 1. The number of likely N-dealkylation sites (tertiary alicyclic amines) is 1. The van der Waals surface area contributed by atoms with Gasteiger partial charge in [-0.25, -0.2) is 4.79 Å². The molecule has 122 valence electrons. The van der Waals surface area contributed by atoms with Crippen LogP contribution in [0.15, 0.2) is 4.52 Å². The van der Waals surface area contributed by atoms with E-state index in [4.69, 9.17) is 4.52 Å². The van der Waals surface area contributed by atoms with Gasteiger partial charge in [-0.1, -0.05) is 18.0 Å². The minimum atomic E-state index is 0.0957. The van der Waals surface area contributed by atoms with Crippen molar-refractivity contribution in [3.05, 3.63) is 11.7 Å². The Labute approximate surface area is 131 Å². The number of nitrogens with one attached hydrogen (secondary N) is 1. The van der Waals surface area contributed by atoms with Crippen molar-refractivity contribution < 1.29 is 9.32 Å². The molecule has 2 heterocycles. The predicted octanol–water partition coefficient (Wildman–Crippen LogP) is 2.53. The highest BCUT2D eigenvalue weighted by Gasteiger charge is 2.26. The van der Waals surface area contributed by atoms with Crippen LogP contribution in [0.25, 0.3) is 0 Å². The highest BCUT2D eigenvalue weighted by Crippen LogP contribution is 2.24. The van der Waals surface area contributed by atoms with Crippen LogP contribution in [-0.2, 0) is 6.42 Å². The molecule has 0 aromatic carbocycles. The average molecular weight is 306 g/mol. The fourth-order valence-electron chi connectivity index (χ4n) is 3.64. The highest BCUT2D eigenvalue weighted by molar-refractivity contribution is 5.74. The third-order valence-electron chi connectivity index (χ3n) is 4.86. The predicted molar refractivity (Wildman–Crippen MR) is 82.4 cm³/mol. The lowest BCUT2D eigenvalue weighted by Gasteiger charge is -2.32. The van der Waals surface area contributed by atoms with Gasteiger partial charge < -0.3 is 14.7 Å². The zero-order valence-electron chi connectivity index (χ0n) is 13.4. The number of carbonyl (C=O) groups is 1. The Morgan fingerprint density at radius 2 is 2.05 bits per heavy atom. The molecule has 2 aliphatic rings. The molecule has 6 heteroatoms. The molecule has 22 heavy (non-hydrogen) atoms. The Morgan fingerprint density at radius 3 is 2.77 bits per heavy atom. The van der Waals surface area contributed by atoms with Gasteiger partial charge >= 0.3 is 6.03 Å². The quantitative estimate of drug-likeness (QED) is 0.928. The Hall–Kier alpha value is -1.59. The number of amides is 2. The van der Waals surface area contributed by atoms with Gasteiger partial charge in [-0.15, -0.1) is 0 Å². The van der Waals surface area contributed by atoms with E-state index in [2.05, 4.69) is 15.5 Å². The van der Waals surface area contributed by atoms with Crippen molar-refractivity contribution in [2.45, 2.75) is 51.9 Å². The van der Waals surface area contributed by atoms with E-state index in [0.29, 0.717) is 23.6 Å². The van der Waals surface area contributed by atoms with Gasteiger partial charge in [-0.05, 0) is 44.4 Å². The molecule has 1 N–H and O–H groups in total. The number of rotatable bonds is 4. The zero-order chi connectivity index (χ0) is 15.4. The molecule has 1 aliphatic heterocycles. The van der Waals surface area contributed by atoms with Crippen LogP contribution in [-0.4, -0.2) is 40.7 Å². The Morgan fingerprint density at radius 1 is 1.27 bits per heavy atom. The van der Waals surface area contributed by atoms with Gasteiger partial charge in [0.1, 0.15) is 0 Å². The summed E-state index contributed by atoms with van der Waals surface area (Å²) in [5.41, 5.74) is 0. The number of aryl methyl sites for hydroxylation is 1. The number of hydrogen-bond acceptors (Lipinski definition) is 4. The zero-order valence-corrected chi connectivity index (χ0v) is 13.4. The molecule has 1 aromatic heterocycles. The lowest BCUT2D eigenvalue weighted by atomic mass is 9.95. The Kier molecular flexibility index (Phi) is 4.95. The smallest absolute Gasteiger partial charge is 0.317 e. The van der Waals surface area contributed by atoms with Crippen LogP contribution in [0.3, 0.4) is 0 Å². The van der Waals surface area contributed by atoms with E-state index in [1.54, 1.807) is 0 Å². The van der Waals surface area contributed by atoms with Crippen LogP contribution in [0.5, 0.6) is 0 Å². The van der Waals surface area contributed by atoms with Crippen LogP contribution in [0.4, 0.5) is 4.79 Å². The molecule has 2 fully saturated rings. The first kappa shape index (κ1) is 15.3. The minimum absolute atomic E-state index is 0.0957. The molecule has 0 bridgehead atoms. The van der Waals surface area contributed by atoms with E-state index in [0.717, 1.165) is 38.9 Å². The maximum absolute atomic E-state index is 12.3. The molecule has 6 nitrogen and oxygen atoms in total. The van der Waals surface area contributed by atoms with Gasteiger partial charge in [0.2, 0.25) is 5.89 Å². The summed E-state index contributed by atoms with van der Waals surface area (Å²) in [5.74, 6) is 2.48. The summed E-state index contributed by atoms with van der Waals surface area (Å²) < 4.78 is 5.20. The fourth-order valence-corrected chi connectivity index (χ4v) is 3.64. The standard InChI is InChI=1S/C16H26N4O2/c1-12-18-15(22-19-12)9-14-7-4-8-20(11-14)16(21)17-10-13-5-2-3-6-13/h13-14H,2-11H2,1H3,(H,17,21). The Balaban J connectivity index is 1.45. The van der Waals surface area contributed by atoms with Crippen LogP contribution in [0.1, 0.15) is 50.2 Å². The minimum Gasteiger partial charge on any atom is -0.339 e. The van der Waals surface area contributed by atoms with Gasteiger partial charge in [0, 0.05) is 26.1 Å². The first-order chi connectivity index (χ1) is 10.7. The lowest BCUT2D eigenvalue weighted by Crippen LogP contribution is -2.46. The van der Waals surface area contributed by atoms with Gasteiger partial charge in [0.15, 0.2) is 5.82 Å². The first-order valence-electron chi connectivity index (χ1n) is 8.52. The van der Waals surface area contributed by atoms with Crippen molar-refractivity contribution in [2.75, 3.05) is 19.6 Å². The van der Waals surface area contributed by atoms with Crippen LogP contribution in [0.2, 0.25) is 0 Å². The van der Waals surface area contributed by atoms with E-state index < -0.39 is 0 Å². The summed E-state index contributed by atoms with van der Waals surface area (Å²) in [7, 11) is 0. The Bertz CT molecular complexity index is 496. The third-order valence-corrected chi connectivity index (χ3v) is 4.86. The van der Waals surface area contributed by atoms with E-state index in [-0.39, 0.29) is 6.03 Å². The van der Waals surface area contributed by atoms with E-state index in [1.807, 2.05) is 11.8 Å².